The second-order valence-corrected chi connectivity index (χ2v) is 10.4. The predicted octanol–water partition coefficient (Wildman–Crippen LogP) is 0.930. The van der Waals surface area contributed by atoms with E-state index in [1.165, 1.54) is 0 Å². The van der Waals surface area contributed by atoms with Crippen LogP contribution in [0.15, 0.2) is 12.3 Å². The Balaban J connectivity index is 1.41. The number of nitrogens with zero attached hydrogens (tertiary/aromatic N) is 6. The zero-order valence-electron chi connectivity index (χ0n) is 20.4. The van der Waals surface area contributed by atoms with E-state index in [2.05, 4.69) is 16.7 Å². The van der Waals surface area contributed by atoms with Gasteiger partial charge in [-0.3, -0.25) is 9.69 Å². The molecule has 5 atom stereocenters. The van der Waals surface area contributed by atoms with Gasteiger partial charge in [0.05, 0.1) is 30.0 Å². The van der Waals surface area contributed by atoms with E-state index in [0.29, 0.717) is 0 Å². The van der Waals surface area contributed by atoms with Gasteiger partial charge in [-0.1, -0.05) is 0 Å². The molecule has 186 valence electrons. The second kappa shape index (κ2) is 9.41. The van der Waals surface area contributed by atoms with Crippen molar-refractivity contribution < 1.29 is 4.79 Å². The number of aromatic nitrogens is 3. The molecule has 0 aromatic carbocycles. The number of hydrogen-bond acceptors (Lipinski definition) is 8. The number of amides is 1. The molecule has 5 rings (SSSR count). The highest BCUT2D eigenvalue weighted by molar-refractivity contribution is 5.80. The Labute approximate surface area is 201 Å². The maximum Gasteiger partial charge on any atom is 0.229 e. The van der Waals surface area contributed by atoms with E-state index < -0.39 is 0 Å². The van der Waals surface area contributed by atoms with Gasteiger partial charge in [0.25, 0.3) is 0 Å². The zero-order chi connectivity index (χ0) is 24.0. The summed E-state index contributed by atoms with van der Waals surface area (Å²) in [4.78, 5) is 25.0. The summed E-state index contributed by atoms with van der Waals surface area (Å²) in [6, 6.07) is 2.19. The molecule has 6 N–H and O–H groups in total. The van der Waals surface area contributed by atoms with E-state index in [-0.39, 0.29) is 36.2 Å². The van der Waals surface area contributed by atoms with Crippen molar-refractivity contribution in [1.29, 1.82) is 0 Å². The topological polar surface area (TPSA) is 135 Å². The van der Waals surface area contributed by atoms with Gasteiger partial charge in [0.2, 0.25) is 5.91 Å². The quantitative estimate of drug-likeness (QED) is 0.602. The standard InChI is InChI=1S/C24H39N9O/c1-15-13-33-21(28-23(15)30-11-8-17(26)14-30)12-19(29-33)20-7-3-4-9-32(20)24(34)18-6-5-10-31(16(2)25)22(18)27/h12-13,16-18,20,22H,3-11,14,25-27H2,1-2H3/t16?,17-,18?,20-,22?/m0/s1. The maximum atomic E-state index is 13.8. The molecular formula is C24H39N9O. The first kappa shape index (κ1) is 23.5. The second-order valence-electron chi connectivity index (χ2n) is 10.4. The van der Waals surface area contributed by atoms with Crippen LogP contribution in [0, 0.1) is 12.8 Å². The van der Waals surface area contributed by atoms with Crippen LogP contribution >= 0.6 is 0 Å². The van der Waals surface area contributed by atoms with Crippen molar-refractivity contribution in [2.45, 2.75) is 76.8 Å². The van der Waals surface area contributed by atoms with Gasteiger partial charge in [0.1, 0.15) is 5.82 Å². The van der Waals surface area contributed by atoms with E-state index in [1.807, 2.05) is 28.6 Å². The monoisotopic (exact) mass is 469 g/mol. The van der Waals surface area contributed by atoms with E-state index in [4.69, 9.17) is 27.3 Å². The Morgan fingerprint density at radius 3 is 2.68 bits per heavy atom. The van der Waals surface area contributed by atoms with Crippen molar-refractivity contribution in [1.82, 2.24) is 24.4 Å². The van der Waals surface area contributed by atoms with Gasteiger partial charge in [0.15, 0.2) is 5.65 Å². The fourth-order valence-corrected chi connectivity index (χ4v) is 5.99. The van der Waals surface area contributed by atoms with Crippen LogP contribution in [-0.4, -0.2) is 74.9 Å². The number of aryl methyl sites for hydroxylation is 1. The van der Waals surface area contributed by atoms with E-state index in [0.717, 1.165) is 87.4 Å². The molecule has 3 saturated heterocycles. The van der Waals surface area contributed by atoms with Crippen molar-refractivity contribution in [3.8, 4) is 0 Å². The minimum atomic E-state index is -0.344. The minimum absolute atomic E-state index is 0.0511. The number of fused-ring (bicyclic) bond motifs is 1. The molecule has 3 aliphatic heterocycles. The summed E-state index contributed by atoms with van der Waals surface area (Å²) in [6.07, 6.45) is 7.25. The molecule has 5 heterocycles. The molecule has 34 heavy (non-hydrogen) atoms. The molecule has 0 bridgehead atoms. The number of nitrogens with two attached hydrogens (primary N) is 3. The highest BCUT2D eigenvalue weighted by atomic mass is 16.2. The minimum Gasteiger partial charge on any atom is -0.355 e. The molecule has 0 saturated carbocycles. The molecule has 3 fully saturated rings. The first-order valence-corrected chi connectivity index (χ1v) is 12.8. The number of rotatable bonds is 4. The summed E-state index contributed by atoms with van der Waals surface area (Å²) in [7, 11) is 0. The Hall–Kier alpha value is -2.27. The molecule has 3 unspecified atom stereocenters. The third-order valence-electron chi connectivity index (χ3n) is 7.84. The summed E-state index contributed by atoms with van der Waals surface area (Å²) >= 11 is 0. The van der Waals surface area contributed by atoms with Crippen LogP contribution < -0.4 is 22.1 Å². The van der Waals surface area contributed by atoms with Gasteiger partial charge in [0, 0.05) is 50.0 Å². The van der Waals surface area contributed by atoms with Crippen LogP contribution in [0.3, 0.4) is 0 Å². The van der Waals surface area contributed by atoms with E-state index in [9.17, 15) is 4.79 Å². The molecule has 2 aromatic rings. The van der Waals surface area contributed by atoms with Gasteiger partial charge >= 0.3 is 0 Å². The summed E-state index contributed by atoms with van der Waals surface area (Å²) in [5.74, 6) is 0.881. The van der Waals surface area contributed by atoms with Gasteiger partial charge < -0.3 is 27.0 Å². The summed E-state index contributed by atoms with van der Waals surface area (Å²) in [5.41, 5.74) is 21.6. The zero-order valence-corrected chi connectivity index (χ0v) is 20.4. The molecule has 1 amide bonds. The first-order valence-electron chi connectivity index (χ1n) is 12.8. The van der Waals surface area contributed by atoms with Crippen molar-refractivity contribution in [3.63, 3.8) is 0 Å². The normalized spacial score (nSPS) is 29.7. The lowest BCUT2D eigenvalue weighted by atomic mass is 9.90. The molecule has 10 heteroatoms. The fraction of sp³-hybridized carbons (Fsp3) is 0.708. The SMILES string of the molecule is Cc1cn2nc([C@@H]3CCCCN3C(=O)C3CCCN(C(C)N)C3N)cc2nc1N1CC[C@H](N)C1. The first-order chi connectivity index (χ1) is 16.3. The molecule has 10 nitrogen and oxygen atoms in total. The molecule has 0 spiro atoms. The summed E-state index contributed by atoms with van der Waals surface area (Å²) in [6.45, 7) is 7.34. The average molecular weight is 470 g/mol. The number of anilines is 1. The summed E-state index contributed by atoms with van der Waals surface area (Å²) in [5, 5.41) is 4.88. The van der Waals surface area contributed by atoms with Crippen LogP contribution in [0.1, 0.15) is 62.7 Å². The van der Waals surface area contributed by atoms with E-state index in [1.54, 1.807) is 0 Å². The maximum absolute atomic E-state index is 13.8. The predicted molar refractivity (Wildman–Crippen MR) is 132 cm³/mol. The van der Waals surface area contributed by atoms with Crippen molar-refractivity contribution >= 4 is 17.4 Å². The largest absolute Gasteiger partial charge is 0.355 e. The molecule has 2 aromatic heterocycles. The highest BCUT2D eigenvalue weighted by Crippen LogP contribution is 2.34. The Kier molecular flexibility index (Phi) is 6.49. The third-order valence-corrected chi connectivity index (χ3v) is 7.84. The fourth-order valence-electron chi connectivity index (χ4n) is 5.99. The molecule has 3 aliphatic rings. The number of likely N-dealkylation sites (tertiary alicyclic amines) is 2. The number of carbonyl (C=O) groups is 1. The summed E-state index contributed by atoms with van der Waals surface area (Å²) < 4.78 is 1.85. The number of carbonyl (C=O) groups excluding carboxylic acids is 1. The smallest absolute Gasteiger partial charge is 0.229 e. The molecular weight excluding hydrogens is 430 g/mol. The van der Waals surface area contributed by atoms with Crippen molar-refractivity contribution in [2.24, 2.45) is 23.1 Å². The number of hydrogen-bond donors (Lipinski definition) is 3. The van der Waals surface area contributed by atoms with Crippen LogP contribution in [0.4, 0.5) is 5.82 Å². The Morgan fingerprint density at radius 2 is 1.94 bits per heavy atom. The Morgan fingerprint density at radius 1 is 1.12 bits per heavy atom. The Bertz CT molecular complexity index is 1040. The third kappa shape index (κ3) is 4.28. The lowest BCUT2D eigenvalue weighted by molar-refractivity contribution is -0.144. The van der Waals surface area contributed by atoms with Gasteiger partial charge in [-0.2, -0.15) is 5.10 Å². The molecule has 0 radical (unpaired) electrons. The average Bonchev–Trinajstić information content (AvgIpc) is 3.43. The van der Waals surface area contributed by atoms with Crippen molar-refractivity contribution in [2.75, 3.05) is 31.1 Å². The van der Waals surface area contributed by atoms with Crippen LogP contribution in [0.25, 0.3) is 5.65 Å². The van der Waals surface area contributed by atoms with Crippen LogP contribution in [-0.2, 0) is 4.79 Å². The molecule has 0 aliphatic carbocycles. The lowest BCUT2D eigenvalue weighted by Crippen LogP contribution is -2.60. The van der Waals surface area contributed by atoms with E-state index >= 15 is 0 Å². The van der Waals surface area contributed by atoms with Crippen LogP contribution in [0.2, 0.25) is 0 Å². The van der Waals surface area contributed by atoms with Gasteiger partial charge in [-0.25, -0.2) is 9.50 Å². The number of piperidine rings is 2. The van der Waals surface area contributed by atoms with Crippen LogP contribution in [0.5, 0.6) is 0 Å². The van der Waals surface area contributed by atoms with Crippen molar-refractivity contribution in [3.05, 3.63) is 23.5 Å². The van der Waals surface area contributed by atoms with Gasteiger partial charge in [-0.15, -0.1) is 0 Å². The highest BCUT2D eigenvalue weighted by Gasteiger charge is 2.40. The lowest BCUT2D eigenvalue weighted by Gasteiger charge is -2.44. The van der Waals surface area contributed by atoms with Gasteiger partial charge in [-0.05, 0) is 52.4 Å².